The lowest BCUT2D eigenvalue weighted by Gasteiger charge is -2.09. The molecule has 2 N–H and O–H groups in total. The van der Waals surface area contributed by atoms with Crippen molar-refractivity contribution >= 4 is 22.5 Å². The van der Waals surface area contributed by atoms with E-state index in [-0.39, 0.29) is 6.04 Å². The first kappa shape index (κ1) is 11.3. The summed E-state index contributed by atoms with van der Waals surface area (Å²) in [6, 6.07) is 5.81. The Kier molecular flexibility index (Phi) is 3.08. The lowest BCUT2D eigenvalue weighted by Crippen LogP contribution is -2.19. The van der Waals surface area contributed by atoms with Crippen molar-refractivity contribution in [1.29, 1.82) is 0 Å². The number of rotatable bonds is 2. The Labute approximate surface area is 99.7 Å². The summed E-state index contributed by atoms with van der Waals surface area (Å²) >= 11 is 6.12. The van der Waals surface area contributed by atoms with E-state index in [0.29, 0.717) is 5.02 Å². The summed E-state index contributed by atoms with van der Waals surface area (Å²) < 4.78 is 0. The summed E-state index contributed by atoms with van der Waals surface area (Å²) in [6.07, 6.45) is 0.736. The van der Waals surface area contributed by atoms with Crippen LogP contribution in [0.15, 0.2) is 18.2 Å². The summed E-state index contributed by atoms with van der Waals surface area (Å²) in [4.78, 5) is 8.79. The van der Waals surface area contributed by atoms with Crippen LogP contribution in [0.4, 0.5) is 0 Å². The molecular formula is C12H14ClN3. The number of benzene rings is 1. The highest BCUT2D eigenvalue weighted by Gasteiger charge is 2.09. The van der Waals surface area contributed by atoms with Crippen molar-refractivity contribution in [2.45, 2.75) is 26.3 Å². The molecule has 2 rings (SSSR count). The number of nitrogens with two attached hydrogens (primary N) is 1. The summed E-state index contributed by atoms with van der Waals surface area (Å²) in [5.74, 6) is 0.733. The van der Waals surface area contributed by atoms with Crippen molar-refractivity contribution in [1.82, 2.24) is 9.97 Å². The van der Waals surface area contributed by atoms with Crippen LogP contribution in [0.1, 0.15) is 18.4 Å². The molecule has 1 aromatic carbocycles. The molecule has 0 spiro atoms. The van der Waals surface area contributed by atoms with E-state index in [1.807, 2.05) is 32.0 Å². The summed E-state index contributed by atoms with van der Waals surface area (Å²) in [5, 5.41) is 1.66. The van der Waals surface area contributed by atoms with Crippen LogP contribution in [0.25, 0.3) is 10.9 Å². The third-order valence-corrected chi connectivity index (χ3v) is 2.69. The van der Waals surface area contributed by atoms with E-state index in [4.69, 9.17) is 17.3 Å². The largest absolute Gasteiger partial charge is 0.328 e. The van der Waals surface area contributed by atoms with Gasteiger partial charge in [0.1, 0.15) is 5.82 Å². The van der Waals surface area contributed by atoms with Crippen LogP contribution in [0.3, 0.4) is 0 Å². The molecule has 1 aromatic heterocycles. The fourth-order valence-corrected chi connectivity index (χ4v) is 1.98. The molecule has 0 aliphatic rings. The molecule has 1 heterocycles. The summed E-state index contributed by atoms with van der Waals surface area (Å²) in [6.45, 7) is 3.83. The third-order valence-electron chi connectivity index (χ3n) is 2.38. The number of para-hydroxylation sites is 1. The van der Waals surface area contributed by atoms with Gasteiger partial charge in [-0.05, 0) is 19.9 Å². The van der Waals surface area contributed by atoms with Crippen molar-refractivity contribution < 1.29 is 0 Å². The lowest BCUT2D eigenvalue weighted by atomic mass is 10.1. The molecule has 84 valence electrons. The Hall–Kier alpha value is -1.19. The Morgan fingerprint density at radius 3 is 2.81 bits per heavy atom. The normalized spacial score (nSPS) is 13.0. The van der Waals surface area contributed by atoms with Gasteiger partial charge in [-0.1, -0.05) is 23.7 Å². The zero-order valence-corrected chi connectivity index (χ0v) is 10.1. The molecule has 0 fully saturated rings. The molecule has 0 saturated heterocycles. The molecule has 0 aliphatic carbocycles. The SMILES string of the molecule is Cc1nc(CC(C)N)c2cccc(Cl)c2n1. The Morgan fingerprint density at radius 1 is 1.38 bits per heavy atom. The average molecular weight is 236 g/mol. The van der Waals surface area contributed by atoms with Gasteiger partial charge in [0.15, 0.2) is 0 Å². The van der Waals surface area contributed by atoms with Gasteiger partial charge in [0.25, 0.3) is 0 Å². The van der Waals surface area contributed by atoms with Crippen molar-refractivity contribution in [2.75, 3.05) is 0 Å². The summed E-state index contributed by atoms with van der Waals surface area (Å²) in [5.41, 5.74) is 7.59. The van der Waals surface area contributed by atoms with Gasteiger partial charge in [-0.2, -0.15) is 0 Å². The molecule has 0 bridgehead atoms. The highest BCUT2D eigenvalue weighted by Crippen LogP contribution is 2.24. The van der Waals surface area contributed by atoms with Crippen molar-refractivity contribution in [3.05, 3.63) is 34.7 Å². The molecule has 16 heavy (non-hydrogen) atoms. The quantitative estimate of drug-likeness (QED) is 0.870. The van der Waals surface area contributed by atoms with Gasteiger partial charge in [-0.3, -0.25) is 0 Å². The number of fused-ring (bicyclic) bond motifs is 1. The molecule has 0 radical (unpaired) electrons. The number of hydrogen-bond donors (Lipinski definition) is 1. The highest BCUT2D eigenvalue weighted by molar-refractivity contribution is 6.35. The van der Waals surface area contributed by atoms with Crippen LogP contribution < -0.4 is 5.73 Å². The lowest BCUT2D eigenvalue weighted by molar-refractivity contribution is 0.722. The van der Waals surface area contributed by atoms with Gasteiger partial charge in [-0.25, -0.2) is 9.97 Å². The minimum absolute atomic E-state index is 0.0801. The van der Waals surface area contributed by atoms with Crippen LogP contribution in [0.2, 0.25) is 5.02 Å². The molecule has 3 nitrogen and oxygen atoms in total. The van der Waals surface area contributed by atoms with Gasteiger partial charge in [0.2, 0.25) is 0 Å². The number of hydrogen-bond acceptors (Lipinski definition) is 3. The van der Waals surface area contributed by atoms with Crippen LogP contribution in [-0.2, 0) is 6.42 Å². The van der Waals surface area contributed by atoms with Crippen molar-refractivity contribution in [3.8, 4) is 0 Å². The van der Waals surface area contributed by atoms with Crippen LogP contribution in [0.5, 0.6) is 0 Å². The maximum absolute atomic E-state index is 6.12. The predicted molar refractivity (Wildman–Crippen MR) is 66.6 cm³/mol. The van der Waals surface area contributed by atoms with Crippen molar-refractivity contribution in [3.63, 3.8) is 0 Å². The second kappa shape index (κ2) is 4.36. The minimum Gasteiger partial charge on any atom is -0.328 e. The average Bonchev–Trinajstić information content (AvgIpc) is 2.18. The van der Waals surface area contributed by atoms with E-state index >= 15 is 0 Å². The van der Waals surface area contributed by atoms with E-state index in [1.165, 1.54) is 0 Å². The van der Waals surface area contributed by atoms with E-state index in [1.54, 1.807) is 0 Å². The zero-order chi connectivity index (χ0) is 11.7. The van der Waals surface area contributed by atoms with E-state index in [9.17, 15) is 0 Å². The van der Waals surface area contributed by atoms with Crippen LogP contribution in [-0.4, -0.2) is 16.0 Å². The van der Waals surface area contributed by atoms with Crippen LogP contribution in [0, 0.1) is 6.92 Å². The number of nitrogens with zero attached hydrogens (tertiary/aromatic N) is 2. The summed E-state index contributed by atoms with van der Waals surface area (Å²) in [7, 11) is 0. The molecule has 1 atom stereocenters. The van der Waals surface area contributed by atoms with E-state index in [0.717, 1.165) is 28.8 Å². The number of aryl methyl sites for hydroxylation is 1. The second-order valence-corrected chi connectivity index (χ2v) is 4.44. The molecular weight excluding hydrogens is 222 g/mol. The molecule has 0 saturated carbocycles. The molecule has 4 heteroatoms. The van der Waals surface area contributed by atoms with E-state index in [2.05, 4.69) is 9.97 Å². The minimum atomic E-state index is 0.0801. The maximum Gasteiger partial charge on any atom is 0.126 e. The highest BCUT2D eigenvalue weighted by atomic mass is 35.5. The number of halogens is 1. The first-order valence-electron chi connectivity index (χ1n) is 5.25. The van der Waals surface area contributed by atoms with E-state index < -0.39 is 0 Å². The van der Waals surface area contributed by atoms with Gasteiger partial charge in [0, 0.05) is 17.8 Å². The van der Waals surface area contributed by atoms with Gasteiger partial charge < -0.3 is 5.73 Å². The number of aromatic nitrogens is 2. The first-order chi connectivity index (χ1) is 7.58. The van der Waals surface area contributed by atoms with Gasteiger partial charge in [0.05, 0.1) is 16.2 Å². The molecule has 2 aromatic rings. The molecule has 1 unspecified atom stereocenters. The maximum atomic E-state index is 6.12. The Bertz CT molecular complexity index is 523. The third kappa shape index (κ3) is 2.15. The Morgan fingerprint density at radius 2 is 2.12 bits per heavy atom. The molecule has 0 amide bonds. The Balaban J connectivity index is 2.68. The van der Waals surface area contributed by atoms with Crippen molar-refractivity contribution in [2.24, 2.45) is 5.73 Å². The standard InChI is InChI=1S/C12H14ClN3/c1-7(14)6-11-9-4-3-5-10(13)12(9)16-8(2)15-11/h3-5,7H,6,14H2,1-2H3. The fraction of sp³-hybridized carbons (Fsp3) is 0.333. The second-order valence-electron chi connectivity index (χ2n) is 4.03. The van der Waals surface area contributed by atoms with Gasteiger partial charge >= 0.3 is 0 Å². The zero-order valence-electron chi connectivity index (χ0n) is 9.37. The van der Waals surface area contributed by atoms with Crippen LogP contribution >= 0.6 is 11.6 Å². The topological polar surface area (TPSA) is 51.8 Å². The fourth-order valence-electron chi connectivity index (χ4n) is 1.76. The predicted octanol–water partition coefficient (Wildman–Crippen LogP) is 2.48. The monoisotopic (exact) mass is 235 g/mol. The smallest absolute Gasteiger partial charge is 0.126 e. The molecule has 0 aliphatic heterocycles. The van der Waals surface area contributed by atoms with Gasteiger partial charge in [-0.15, -0.1) is 0 Å². The first-order valence-corrected chi connectivity index (χ1v) is 5.63.